The van der Waals surface area contributed by atoms with Crippen LogP contribution >= 0.6 is 0 Å². The Morgan fingerprint density at radius 3 is 2.75 bits per heavy atom. The predicted octanol–water partition coefficient (Wildman–Crippen LogP) is 1.14. The van der Waals surface area contributed by atoms with Gasteiger partial charge < -0.3 is 5.32 Å². The summed E-state index contributed by atoms with van der Waals surface area (Å²) in [6.45, 7) is 7.48. The highest BCUT2D eigenvalue weighted by atomic mass is 32.2. The van der Waals surface area contributed by atoms with Crippen LogP contribution in [0.4, 0.5) is 0 Å². The van der Waals surface area contributed by atoms with Crippen molar-refractivity contribution in [1.82, 2.24) is 5.32 Å². The third-order valence-electron chi connectivity index (χ3n) is 2.55. The summed E-state index contributed by atoms with van der Waals surface area (Å²) in [5.41, 5.74) is 0. The molecule has 0 aliphatic carbocycles. The van der Waals surface area contributed by atoms with Crippen LogP contribution in [0.2, 0.25) is 0 Å². The molecule has 3 atom stereocenters. The van der Waals surface area contributed by atoms with Gasteiger partial charge in [-0.05, 0) is 18.9 Å². The standard InChI is InChI=1S/C9H19NOS/c1-7(2)9-6-12(11)8(3)4-5-10-9/h7-10H,4-6H2,1-3H3. The Morgan fingerprint density at radius 2 is 2.17 bits per heavy atom. The van der Waals surface area contributed by atoms with Crippen LogP contribution in [0.15, 0.2) is 0 Å². The van der Waals surface area contributed by atoms with E-state index in [1.54, 1.807) is 0 Å². The Morgan fingerprint density at radius 1 is 1.50 bits per heavy atom. The topological polar surface area (TPSA) is 29.1 Å². The zero-order valence-corrected chi connectivity index (χ0v) is 8.99. The number of hydrogen-bond donors (Lipinski definition) is 1. The monoisotopic (exact) mass is 189 g/mol. The molecule has 1 rings (SSSR count). The van der Waals surface area contributed by atoms with Crippen LogP contribution in [0.1, 0.15) is 27.2 Å². The Kier molecular flexibility index (Phi) is 3.72. The van der Waals surface area contributed by atoms with Crippen molar-refractivity contribution in [1.29, 1.82) is 0 Å². The van der Waals surface area contributed by atoms with Crippen LogP contribution in [0.25, 0.3) is 0 Å². The van der Waals surface area contributed by atoms with E-state index in [-0.39, 0.29) is 0 Å². The highest BCUT2D eigenvalue weighted by molar-refractivity contribution is 7.85. The van der Waals surface area contributed by atoms with Gasteiger partial charge in [-0.3, -0.25) is 4.21 Å². The summed E-state index contributed by atoms with van der Waals surface area (Å²) < 4.78 is 11.6. The Balaban J connectivity index is 2.54. The van der Waals surface area contributed by atoms with E-state index in [1.165, 1.54) is 0 Å². The van der Waals surface area contributed by atoms with Crippen molar-refractivity contribution < 1.29 is 4.21 Å². The summed E-state index contributed by atoms with van der Waals surface area (Å²) in [5, 5.41) is 3.82. The summed E-state index contributed by atoms with van der Waals surface area (Å²) in [4.78, 5) is 0. The molecule has 0 aromatic heterocycles. The van der Waals surface area contributed by atoms with Crippen molar-refractivity contribution >= 4 is 10.8 Å². The van der Waals surface area contributed by atoms with Gasteiger partial charge in [0, 0.05) is 27.8 Å². The molecular formula is C9H19NOS. The summed E-state index contributed by atoms with van der Waals surface area (Å²) in [7, 11) is -0.615. The molecule has 1 heterocycles. The smallest absolute Gasteiger partial charge is 0.0394 e. The SMILES string of the molecule is CC(C)C1CS(=O)C(C)CCN1. The molecule has 0 amide bonds. The van der Waals surface area contributed by atoms with Crippen LogP contribution in [0.5, 0.6) is 0 Å². The molecular weight excluding hydrogens is 170 g/mol. The molecule has 0 spiro atoms. The molecule has 0 saturated carbocycles. The van der Waals surface area contributed by atoms with E-state index in [4.69, 9.17) is 0 Å². The van der Waals surface area contributed by atoms with Crippen LogP contribution in [-0.4, -0.2) is 27.8 Å². The average Bonchev–Trinajstić information content (AvgIpc) is 2.15. The second kappa shape index (κ2) is 4.38. The molecule has 0 radical (unpaired) electrons. The lowest BCUT2D eigenvalue weighted by Crippen LogP contribution is -2.36. The van der Waals surface area contributed by atoms with Crippen LogP contribution < -0.4 is 5.32 Å². The lowest BCUT2D eigenvalue weighted by molar-refractivity contribution is 0.436. The second-order valence-electron chi connectivity index (χ2n) is 3.95. The Labute approximate surface area is 77.6 Å². The molecule has 12 heavy (non-hydrogen) atoms. The molecule has 3 heteroatoms. The van der Waals surface area contributed by atoms with Gasteiger partial charge in [-0.15, -0.1) is 0 Å². The summed E-state index contributed by atoms with van der Waals surface area (Å²) in [6.07, 6.45) is 1.05. The predicted molar refractivity (Wildman–Crippen MR) is 53.7 cm³/mol. The molecule has 72 valence electrons. The van der Waals surface area contributed by atoms with E-state index >= 15 is 0 Å². The van der Waals surface area contributed by atoms with E-state index in [1.807, 2.05) is 0 Å². The van der Waals surface area contributed by atoms with Gasteiger partial charge in [-0.1, -0.05) is 20.8 Å². The first-order valence-corrected chi connectivity index (χ1v) is 6.10. The van der Waals surface area contributed by atoms with Crippen LogP contribution in [0, 0.1) is 5.92 Å². The van der Waals surface area contributed by atoms with Crippen LogP contribution in [0.3, 0.4) is 0 Å². The summed E-state index contributed by atoms with van der Waals surface area (Å²) in [5.74, 6) is 1.43. The number of rotatable bonds is 1. The molecule has 0 bridgehead atoms. The minimum absolute atomic E-state index is 0.376. The minimum atomic E-state index is -0.615. The van der Waals surface area contributed by atoms with Crippen molar-refractivity contribution in [3.8, 4) is 0 Å². The zero-order valence-electron chi connectivity index (χ0n) is 8.17. The van der Waals surface area contributed by atoms with Gasteiger partial charge in [0.05, 0.1) is 0 Å². The maximum atomic E-state index is 11.6. The van der Waals surface area contributed by atoms with E-state index < -0.39 is 10.8 Å². The highest BCUT2D eigenvalue weighted by Crippen LogP contribution is 2.12. The largest absolute Gasteiger partial charge is 0.313 e. The fourth-order valence-electron chi connectivity index (χ4n) is 1.43. The third-order valence-corrected chi connectivity index (χ3v) is 4.38. The third kappa shape index (κ3) is 2.56. The average molecular weight is 189 g/mol. The first-order chi connectivity index (χ1) is 5.61. The fourth-order valence-corrected chi connectivity index (χ4v) is 3.00. The molecule has 1 aliphatic heterocycles. The van der Waals surface area contributed by atoms with Gasteiger partial charge in [0.1, 0.15) is 0 Å². The van der Waals surface area contributed by atoms with Gasteiger partial charge >= 0.3 is 0 Å². The molecule has 1 N–H and O–H groups in total. The van der Waals surface area contributed by atoms with Crippen molar-refractivity contribution in [3.05, 3.63) is 0 Å². The van der Waals surface area contributed by atoms with Gasteiger partial charge in [0.15, 0.2) is 0 Å². The molecule has 1 aliphatic rings. The number of hydrogen-bond acceptors (Lipinski definition) is 2. The van der Waals surface area contributed by atoms with Crippen molar-refractivity contribution in [2.24, 2.45) is 5.92 Å². The van der Waals surface area contributed by atoms with Gasteiger partial charge in [-0.2, -0.15) is 0 Å². The van der Waals surface area contributed by atoms with Gasteiger partial charge in [-0.25, -0.2) is 0 Å². The fraction of sp³-hybridized carbons (Fsp3) is 1.00. The zero-order chi connectivity index (χ0) is 9.14. The molecule has 0 aromatic carbocycles. The van der Waals surface area contributed by atoms with Crippen molar-refractivity contribution in [2.45, 2.75) is 38.5 Å². The molecule has 1 fully saturated rings. The van der Waals surface area contributed by atoms with Crippen molar-refractivity contribution in [2.75, 3.05) is 12.3 Å². The summed E-state index contributed by atoms with van der Waals surface area (Å²) in [6, 6.07) is 0.454. The lowest BCUT2D eigenvalue weighted by atomic mass is 10.1. The maximum Gasteiger partial charge on any atom is 0.0394 e. The Hall–Kier alpha value is 0.110. The molecule has 3 unspecified atom stereocenters. The van der Waals surface area contributed by atoms with E-state index in [0.717, 1.165) is 18.7 Å². The quantitative estimate of drug-likeness (QED) is 0.670. The maximum absolute atomic E-state index is 11.6. The van der Waals surface area contributed by atoms with E-state index in [9.17, 15) is 4.21 Å². The normalized spacial score (nSPS) is 38.2. The first kappa shape index (κ1) is 10.2. The lowest BCUT2D eigenvalue weighted by Gasteiger charge is -2.18. The van der Waals surface area contributed by atoms with E-state index in [2.05, 4.69) is 26.1 Å². The Bertz CT molecular complexity index is 170. The van der Waals surface area contributed by atoms with Crippen LogP contribution in [-0.2, 0) is 10.8 Å². The van der Waals surface area contributed by atoms with E-state index in [0.29, 0.717) is 17.2 Å². The van der Waals surface area contributed by atoms with Gasteiger partial charge in [0.25, 0.3) is 0 Å². The summed E-state index contributed by atoms with van der Waals surface area (Å²) >= 11 is 0. The van der Waals surface area contributed by atoms with Gasteiger partial charge in [0.2, 0.25) is 0 Å². The minimum Gasteiger partial charge on any atom is -0.313 e. The second-order valence-corrected chi connectivity index (χ2v) is 5.85. The molecule has 1 saturated heterocycles. The first-order valence-electron chi connectivity index (χ1n) is 4.72. The number of nitrogens with one attached hydrogen (secondary N) is 1. The van der Waals surface area contributed by atoms with Crippen molar-refractivity contribution in [3.63, 3.8) is 0 Å². The highest BCUT2D eigenvalue weighted by Gasteiger charge is 2.23. The molecule has 2 nitrogen and oxygen atoms in total. The molecule has 0 aromatic rings.